The molecule has 1 heterocycles. The van der Waals surface area contributed by atoms with E-state index in [1.54, 1.807) is 0 Å². The number of aliphatic hydroxyl groups excluding tert-OH is 1. The molecule has 1 unspecified atom stereocenters. The van der Waals surface area contributed by atoms with Crippen molar-refractivity contribution in [3.05, 3.63) is 52.8 Å². The fraction of sp³-hybridized carbons (Fsp3) is 0.474. The minimum Gasteiger partial charge on any atom is -0.388 e. The summed E-state index contributed by atoms with van der Waals surface area (Å²) in [5.41, 5.74) is 4.14. The van der Waals surface area contributed by atoms with Gasteiger partial charge in [0, 0.05) is 31.4 Å². The summed E-state index contributed by atoms with van der Waals surface area (Å²) in [6.45, 7) is 5.03. The fourth-order valence-electron chi connectivity index (χ4n) is 2.99. The molecule has 0 aliphatic rings. The first-order valence-corrected chi connectivity index (χ1v) is 8.85. The summed E-state index contributed by atoms with van der Waals surface area (Å²) in [4.78, 5) is 12.0. The average Bonchev–Trinajstić information content (AvgIpc) is 2.95. The number of carbonyl (C=O) groups excluding carboxylic acids is 1. The van der Waals surface area contributed by atoms with Crippen molar-refractivity contribution >= 4 is 6.03 Å². The first kappa shape index (κ1) is 19.0. The van der Waals surface area contributed by atoms with Gasteiger partial charge < -0.3 is 15.7 Å². The van der Waals surface area contributed by atoms with Crippen molar-refractivity contribution in [2.45, 2.75) is 45.8 Å². The van der Waals surface area contributed by atoms with Gasteiger partial charge in [-0.2, -0.15) is 5.10 Å². The van der Waals surface area contributed by atoms with E-state index in [4.69, 9.17) is 0 Å². The summed E-state index contributed by atoms with van der Waals surface area (Å²) in [5.74, 6) is 0. The van der Waals surface area contributed by atoms with Gasteiger partial charge in [-0.25, -0.2) is 4.79 Å². The van der Waals surface area contributed by atoms with Crippen LogP contribution in [0.25, 0.3) is 0 Å². The molecule has 6 nitrogen and oxygen atoms in total. The Morgan fingerprint density at radius 2 is 1.92 bits per heavy atom. The van der Waals surface area contributed by atoms with E-state index >= 15 is 0 Å². The third-order valence-electron chi connectivity index (χ3n) is 4.34. The molecule has 0 saturated heterocycles. The molecule has 0 spiro atoms. The molecule has 6 heteroatoms. The Morgan fingerprint density at radius 3 is 2.56 bits per heavy atom. The number of amides is 2. The van der Waals surface area contributed by atoms with Crippen molar-refractivity contribution in [1.29, 1.82) is 0 Å². The topological polar surface area (TPSA) is 79.2 Å². The Balaban J connectivity index is 1.80. The molecule has 2 rings (SSSR count). The molecule has 136 valence electrons. The summed E-state index contributed by atoms with van der Waals surface area (Å²) >= 11 is 0. The Morgan fingerprint density at radius 1 is 1.20 bits per heavy atom. The number of urea groups is 1. The number of aliphatic hydroxyl groups is 1. The minimum absolute atomic E-state index is 0.228. The van der Waals surface area contributed by atoms with E-state index in [1.165, 1.54) is 0 Å². The second kappa shape index (κ2) is 9.22. The summed E-state index contributed by atoms with van der Waals surface area (Å²) in [6.07, 6.45) is 1.63. The molecule has 0 aliphatic heterocycles. The van der Waals surface area contributed by atoms with Crippen LogP contribution in [-0.4, -0.2) is 27.5 Å². The number of hydrogen-bond acceptors (Lipinski definition) is 3. The maximum atomic E-state index is 12.0. The third-order valence-corrected chi connectivity index (χ3v) is 4.34. The van der Waals surface area contributed by atoms with E-state index in [-0.39, 0.29) is 6.03 Å². The van der Waals surface area contributed by atoms with Crippen LogP contribution in [0.4, 0.5) is 4.79 Å². The second-order valence-corrected chi connectivity index (χ2v) is 6.03. The second-order valence-electron chi connectivity index (χ2n) is 6.03. The van der Waals surface area contributed by atoms with Gasteiger partial charge in [0.2, 0.25) is 0 Å². The van der Waals surface area contributed by atoms with Gasteiger partial charge in [-0.05, 0) is 24.8 Å². The molecule has 2 amide bonds. The highest BCUT2D eigenvalue weighted by atomic mass is 16.3. The molecule has 1 atom stereocenters. The molecule has 1 aromatic heterocycles. The van der Waals surface area contributed by atoms with E-state index in [1.807, 2.05) is 42.1 Å². The van der Waals surface area contributed by atoms with Crippen LogP contribution in [0, 0.1) is 0 Å². The summed E-state index contributed by atoms with van der Waals surface area (Å²) in [5, 5.41) is 20.3. The number of carbonyl (C=O) groups is 1. The molecule has 0 bridgehead atoms. The minimum atomic E-state index is -0.571. The predicted octanol–water partition coefficient (Wildman–Crippen LogP) is 2.47. The maximum Gasteiger partial charge on any atom is 0.315 e. The number of nitrogens with one attached hydrogen (secondary N) is 2. The summed E-state index contributed by atoms with van der Waals surface area (Å²) in [6, 6.07) is 9.23. The molecule has 0 fully saturated rings. The van der Waals surface area contributed by atoms with E-state index in [0.29, 0.717) is 19.5 Å². The predicted molar refractivity (Wildman–Crippen MR) is 98.2 cm³/mol. The highest BCUT2D eigenvalue weighted by Gasteiger charge is 2.14. The van der Waals surface area contributed by atoms with Crippen molar-refractivity contribution in [3.63, 3.8) is 0 Å². The molecule has 0 saturated carbocycles. The first-order chi connectivity index (χ1) is 12.1. The number of nitrogens with zero attached hydrogens (tertiary/aromatic N) is 2. The van der Waals surface area contributed by atoms with Crippen LogP contribution in [0.3, 0.4) is 0 Å². The molecular weight excluding hydrogens is 316 g/mol. The quantitative estimate of drug-likeness (QED) is 0.688. The van der Waals surface area contributed by atoms with Gasteiger partial charge in [0.25, 0.3) is 0 Å². The van der Waals surface area contributed by atoms with Gasteiger partial charge in [0.05, 0.1) is 11.8 Å². The number of rotatable bonds is 8. The molecule has 0 aliphatic carbocycles. The molecule has 1 aromatic carbocycles. The molecule has 0 radical (unpaired) electrons. The zero-order chi connectivity index (χ0) is 18.2. The van der Waals surface area contributed by atoms with Crippen LogP contribution in [0.15, 0.2) is 30.3 Å². The van der Waals surface area contributed by atoms with Crippen LogP contribution >= 0.6 is 0 Å². The lowest BCUT2D eigenvalue weighted by Gasteiger charge is -2.12. The molecule has 3 N–H and O–H groups in total. The Hall–Kier alpha value is -2.34. The summed E-state index contributed by atoms with van der Waals surface area (Å²) < 4.78 is 1.89. The monoisotopic (exact) mass is 344 g/mol. The van der Waals surface area contributed by atoms with Crippen molar-refractivity contribution in [2.75, 3.05) is 6.54 Å². The normalized spacial score (nSPS) is 12.0. The van der Waals surface area contributed by atoms with E-state index < -0.39 is 6.10 Å². The average molecular weight is 344 g/mol. The SMILES string of the molecule is CCc1nn(C)c(CC)c1CNC(=O)NCCC(O)c1ccccc1. The van der Waals surface area contributed by atoms with Crippen LogP contribution in [0.2, 0.25) is 0 Å². The highest BCUT2D eigenvalue weighted by Crippen LogP contribution is 2.16. The lowest BCUT2D eigenvalue weighted by atomic mass is 10.1. The standard InChI is InChI=1S/C19H28N4O2/c1-4-16-15(17(5-2)23(3)22-16)13-21-19(25)20-12-11-18(24)14-9-7-6-8-10-14/h6-10,18,24H,4-5,11-13H2,1-3H3,(H2,20,21,25). The van der Waals surface area contributed by atoms with E-state index in [2.05, 4.69) is 29.6 Å². The van der Waals surface area contributed by atoms with Crippen LogP contribution in [0.5, 0.6) is 0 Å². The number of benzene rings is 1. The highest BCUT2D eigenvalue weighted by molar-refractivity contribution is 5.73. The van der Waals surface area contributed by atoms with Crippen LogP contribution < -0.4 is 10.6 Å². The van der Waals surface area contributed by atoms with Crippen molar-refractivity contribution in [1.82, 2.24) is 20.4 Å². The molecule has 2 aromatic rings. The Labute approximate surface area is 149 Å². The van der Waals surface area contributed by atoms with Gasteiger partial charge in [-0.1, -0.05) is 44.2 Å². The first-order valence-electron chi connectivity index (χ1n) is 8.85. The zero-order valence-electron chi connectivity index (χ0n) is 15.2. The Bertz CT molecular complexity index is 682. The number of aryl methyl sites for hydroxylation is 2. The largest absolute Gasteiger partial charge is 0.388 e. The zero-order valence-corrected chi connectivity index (χ0v) is 15.2. The van der Waals surface area contributed by atoms with Gasteiger partial charge in [-0.3, -0.25) is 4.68 Å². The van der Waals surface area contributed by atoms with E-state index in [0.717, 1.165) is 35.4 Å². The maximum absolute atomic E-state index is 12.0. The third kappa shape index (κ3) is 5.06. The lowest BCUT2D eigenvalue weighted by Crippen LogP contribution is -2.36. The molecule has 25 heavy (non-hydrogen) atoms. The van der Waals surface area contributed by atoms with Gasteiger partial charge in [0.15, 0.2) is 0 Å². The number of aromatic nitrogens is 2. The van der Waals surface area contributed by atoms with Crippen LogP contribution in [-0.2, 0) is 26.4 Å². The smallest absolute Gasteiger partial charge is 0.315 e. The summed E-state index contributed by atoms with van der Waals surface area (Å²) in [7, 11) is 1.94. The Kier molecular flexibility index (Phi) is 7.01. The van der Waals surface area contributed by atoms with Gasteiger partial charge in [0.1, 0.15) is 0 Å². The van der Waals surface area contributed by atoms with Gasteiger partial charge in [-0.15, -0.1) is 0 Å². The van der Waals surface area contributed by atoms with E-state index in [9.17, 15) is 9.90 Å². The fourth-order valence-corrected chi connectivity index (χ4v) is 2.99. The van der Waals surface area contributed by atoms with Gasteiger partial charge >= 0.3 is 6.03 Å². The van der Waals surface area contributed by atoms with Crippen molar-refractivity contribution in [3.8, 4) is 0 Å². The van der Waals surface area contributed by atoms with Crippen molar-refractivity contribution < 1.29 is 9.90 Å². The van der Waals surface area contributed by atoms with Crippen LogP contribution in [0.1, 0.15) is 48.9 Å². The number of hydrogen-bond donors (Lipinski definition) is 3. The van der Waals surface area contributed by atoms with Crippen molar-refractivity contribution in [2.24, 2.45) is 7.05 Å². The molecular formula is C19H28N4O2. The lowest BCUT2D eigenvalue weighted by molar-refractivity contribution is 0.167.